The summed E-state index contributed by atoms with van der Waals surface area (Å²) in [6.45, 7) is 1.79. The highest BCUT2D eigenvalue weighted by Gasteiger charge is 2.36. The number of hydrogen-bond donors (Lipinski definition) is 3. The van der Waals surface area contributed by atoms with Crippen molar-refractivity contribution in [3.05, 3.63) is 56.7 Å². The number of thiophene rings is 1. The molecule has 3 N–H and O–H groups in total. The number of carbonyl (C=O) groups is 3. The highest BCUT2D eigenvalue weighted by molar-refractivity contribution is 9.10. The van der Waals surface area contributed by atoms with E-state index in [0.717, 1.165) is 4.47 Å². The maximum Gasteiger partial charge on any atom is 0.333 e. The second-order valence-corrected chi connectivity index (χ2v) is 7.69. The van der Waals surface area contributed by atoms with Crippen molar-refractivity contribution in [1.29, 1.82) is 0 Å². The molecule has 0 aliphatic carbocycles. The number of carboxylic acids is 1. The minimum absolute atomic E-state index is 0.113. The minimum Gasteiger partial charge on any atom is -0.479 e. The van der Waals surface area contributed by atoms with Gasteiger partial charge in [0.1, 0.15) is 0 Å². The zero-order valence-electron chi connectivity index (χ0n) is 14.1. The van der Waals surface area contributed by atoms with E-state index in [1.54, 1.807) is 36.4 Å². The molecule has 0 saturated carbocycles. The number of amides is 2. The number of carbonyl (C=O) groups excluding carboxylic acids is 2. The second-order valence-electron chi connectivity index (χ2n) is 5.83. The topological polar surface area (TPSA) is 95.5 Å². The summed E-state index contributed by atoms with van der Waals surface area (Å²) in [4.78, 5) is 36.3. The standard InChI is InChI=1S/C18H19BrN2O4S/c1-18(17(24)25,12-5-2-6-13(19)11-12)21-15(22)8-3-9-20-16(23)14-7-4-10-26-14/h2,4-7,10-11H,3,8-9H2,1H3,(H,20,23)(H,21,22)(H,24,25)/t18-/m1/s1. The molecule has 0 spiro atoms. The van der Waals surface area contributed by atoms with Gasteiger partial charge in [0.15, 0.2) is 5.54 Å². The van der Waals surface area contributed by atoms with Crippen molar-refractivity contribution < 1.29 is 19.5 Å². The quantitative estimate of drug-likeness (QED) is 0.551. The van der Waals surface area contributed by atoms with Gasteiger partial charge in [-0.2, -0.15) is 0 Å². The average molecular weight is 439 g/mol. The Morgan fingerprint density at radius 1 is 1.23 bits per heavy atom. The van der Waals surface area contributed by atoms with E-state index in [4.69, 9.17) is 0 Å². The third-order valence-electron chi connectivity index (χ3n) is 3.83. The van der Waals surface area contributed by atoms with Crippen LogP contribution in [0.2, 0.25) is 0 Å². The first-order chi connectivity index (χ1) is 12.3. The van der Waals surface area contributed by atoms with E-state index in [2.05, 4.69) is 26.6 Å². The molecule has 0 fully saturated rings. The smallest absolute Gasteiger partial charge is 0.333 e. The fourth-order valence-electron chi connectivity index (χ4n) is 2.34. The Labute approximate surface area is 163 Å². The van der Waals surface area contributed by atoms with Gasteiger partial charge in [0.25, 0.3) is 5.91 Å². The highest BCUT2D eigenvalue weighted by Crippen LogP contribution is 2.24. The monoisotopic (exact) mass is 438 g/mol. The number of benzene rings is 1. The van der Waals surface area contributed by atoms with Crippen LogP contribution in [0, 0.1) is 0 Å². The van der Waals surface area contributed by atoms with Gasteiger partial charge in [-0.05, 0) is 42.5 Å². The van der Waals surface area contributed by atoms with Gasteiger partial charge in [0.2, 0.25) is 5.91 Å². The second kappa shape index (κ2) is 8.95. The number of rotatable bonds is 8. The molecule has 2 rings (SSSR count). The normalized spacial score (nSPS) is 12.8. The lowest BCUT2D eigenvalue weighted by Gasteiger charge is -2.27. The zero-order chi connectivity index (χ0) is 19.2. The van der Waals surface area contributed by atoms with E-state index in [-0.39, 0.29) is 18.2 Å². The van der Waals surface area contributed by atoms with Crippen LogP contribution in [-0.2, 0) is 15.1 Å². The summed E-state index contributed by atoms with van der Waals surface area (Å²) in [6, 6.07) is 10.3. The van der Waals surface area contributed by atoms with Crippen LogP contribution >= 0.6 is 27.3 Å². The Bertz CT molecular complexity index is 794. The zero-order valence-corrected chi connectivity index (χ0v) is 16.5. The Kier molecular flexibility index (Phi) is 6.93. The molecule has 1 aromatic carbocycles. The lowest BCUT2D eigenvalue weighted by molar-refractivity contribution is -0.147. The van der Waals surface area contributed by atoms with Crippen LogP contribution in [0.1, 0.15) is 35.0 Å². The summed E-state index contributed by atoms with van der Waals surface area (Å²) in [5, 5.41) is 16.7. The molecule has 2 amide bonds. The Balaban J connectivity index is 1.88. The molecule has 0 unspecified atom stereocenters. The third-order valence-corrected chi connectivity index (χ3v) is 5.19. The SMILES string of the molecule is C[C@](NC(=O)CCCNC(=O)c1cccs1)(C(=O)O)c1cccc(Br)c1. The van der Waals surface area contributed by atoms with Gasteiger partial charge in [0, 0.05) is 17.4 Å². The Morgan fingerprint density at radius 3 is 2.62 bits per heavy atom. The average Bonchev–Trinajstić information content (AvgIpc) is 3.13. The van der Waals surface area contributed by atoms with Crippen LogP contribution in [0.15, 0.2) is 46.3 Å². The summed E-state index contributed by atoms with van der Waals surface area (Å²) in [5.74, 6) is -1.71. The van der Waals surface area contributed by atoms with Gasteiger partial charge >= 0.3 is 5.97 Å². The lowest BCUT2D eigenvalue weighted by Crippen LogP contribution is -2.49. The van der Waals surface area contributed by atoms with Crippen LogP contribution in [-0.4, -0.2) is 29.4 Å². The Morgan fingerprint density at radius 2 is 2.00 bits per heavy atom. The predicted octanol–water partition coefficient (Wildman–Crippen LogP) is 3.14. The lowest BCUT2D eigenvalue weighted by atomic mass is 9.92. The first kappa shape index (κ1) is 20.1. The molecular weight excluding hydrogens is 420 g/mol. The molecule has 1 atom stereocenters. The molecular formula is C18H19BrN2O4S. The largest absolute Gasteiger partial charge is 0.479 e. The van der Waals surface area contributed by atoms with Gasteiger partial charge in [0.05, 0.1) is 4.88 Å². The summed E-state index contributed by atoms with van der Waals surface area (Å²) >= 11 is 4.65. The molecule has 2 aromatic rings. The summed E-state index contributed by atoms with van der Waals surface area (Å²) < 4.78 is 0.730. The van der Waals surface area contributed by atoms with Crippen LogP contribution in [0.4, 0.5) is 0 Å². The molecule has 26 heavy (non-hydrogen) atoms. The molecule has 138 valence electrons. The van der Waals surface area contributed by atoms with Gasteiger partial charge in [-0.25, -0.2) is 4.79 Å². The van der Waals surface area contributed by atoms with Crippen molar-refractivity contribution >= 4 is 45.1 Å². The molecule has 1 aromatic heterocycles. The van der Waals surface area contributed by atoms with Crippen molar-refractivity contribution in [3.63, 3.8) is 0 Å². The third kappa shape index (κ3) is 5.15. The van der Waals surface area contributed by atoms with Crippen molar-refractivity contribution in [2.75, 3.05) is 6.54 Å². The van der Waals surface area contributed by atoms with Crippen LogP contribution in [0.25, 0.3) is 0 Å². The molecule has 0 saturated heterocycles. The van der Waals surface area contributed by atoms with E-state index in [0.29, 0.717) is 23.4 Å². The first-order valence-corrected chi connectivity index (χ1v) is 9.62. The summed E-state index contributed by atoms with van der Waals surface area (Å²) in [5.41, 5.74) is -1.06. The van der Waals surface area contributed by atoms with E-state index in [1.807, 2.05) is 5.38 Å². The van der Waals surface area contributed by atoms with Gasteiger partial charge < -0.3 is 15.7 Å². The van der Waals surface area contributed by atoms with E-state index < -0.39 is 11.5 Å². The van der Waals surface area contributed by atoms with Crippen LogP contribution in [0.5, 0.6) is 0 Å². The number of halogens is 1. The van der Waals surface area contributed by atoms with Gasteiger partial charge in [-0.15, -0.1) is 11.3 Å². The predicted molar refractivity (Wildman–Crippen MR) is 103 cm³/mol. The molecule has 0 aliphatic heterocycles. The Hall–Kier alpha value is -2.19. The molecule has 0 radical (unpaired) electrons. The van der Waals surface area contributed by atoms with Gasteiger partial charge in [-0.1, -0.05) is 34.1 Å². The molecule has 1 heterocycles. The maximum atomic E-state index is 12.2. The van der Waals surface area contributed by atoms with E-state index in [1.165, 1.54) is 18.3 Å². The van der Waals surface area contributed by atoms with Gasteiger partial charge in [-0.3, -0.25) is 9.59 Å². The van der Waals surface area contributed by atoms with Crippen molar-refractivity contribution in [3.8, 4) is 0 Å². The maximum absolute atomic E-state index is 12.2. The van der Waals surface area contributed by atoms with Crippen LogP contribution in [0.3, 0.4) is 0 Å². The van der Waals surface area contributed by atoms with E-state index in [9.17, 15) is 19.5 Å². The number of aliphatic carboxylic acids is 1. The number of carboxylic acid groups (broad SMARTS) is 1. The van der Waals surface area contributed by atoms with E-state index >= 15 is 0 Å². The first-order valence-electron chi connectivity index (χ1n) is 7.95. The molecule has 0 aliphatic rings. The van der Waals surface area contributed by atoms with Crippen molar-refractivity contribution in [1.82, 2.24) is 10.6 Å². The summed E-state index contributed by atoms with van der Waals surface area (Å²) in [7, 11) is 0. The van der Waals surface area contributed by atoms with Crippen molar-refractivity contribution in [2.24, 2.45) is 0 Å². The van der Waals surface area contributed by atoms with Crippen molar-refractivity contribution in [2.45, 2.75) is 25.3 Å². The van der Waals surface area contributed by atoms with Crippen LogP contribution < -0.4 is 10.6 Å². The highest BCUT2D eigenvalue weighted by atomic mass is 79.9. The molecule has 8 heteroatoms. The molecule has 6 nitrogen and oxygen atoms in total. The fraction of sp³-hybridized carbons (Fsp3) is 0.278. The molecule has 0 bridgehead atoms. The minimum atomic E-state index is -1.53. The number of hydrogen-bond acceptors (Lipinski definition) is 4. The fourth-order valence-corrected chi connectivity index (χ4v) is 3.37. The number of nitrogens with one attached hydrogen (secondary N) is 2. The summed E-state index contributed by atoms with van der Waals surface area (Å²) in [6.07, 6.45) is 0.527.